The number of aryl methyl sites for hydroxylation is 1. The highest BCUT2D eigenvalue weighted by molar-refractivity contribution is 8.00. The maximum atomic E-state index is 10.8. The summed E-state index contributed by atoms with van der Waals surface area (Å²) in [5.41, 5.74) is 1.18. The summed E-state index contributed by atoms with van der Waals surface area (Å²) in [4.78, 5) is 1.15. The highest BCUT2D eigenvalue weighted by atomic mass is 35.5. The van der Waals surface area contributed by atoms with Gasteiger partial charge in [0.2, 0.25) is 0 Å². The van der Waals surface area contributed by atoms with Crippen LogP contribution in [0.15, 0.2) is 59.5 Å². The van der Waals surface area contributed by atoms with Gasteiger partial charge in [0.05, 0.1) is 6.10 Å². The molecule has 0 saturated heterocycles. The second-order valence-corrected chi connectivity index (χ2v) is 8.69. The fraction of sp³-hybridized carbons (Fsp3) is 0.400. The average molecular weight is 349 g/mol. The Bertz CT molecular complexity index is 589. The number of aliphatic hydroxyl groups excluding tert-OH is 1. The van der Waals surface area contributed by atoms with Crippen molar-refractivity contribution in [2.45, 2.75) is 49.9 Å². The molecule has 124 valence electrons. The molecule has 0 saturated carbocycles. The number of hydrogen-bond acceptors (Lipinski definition) is 2. The minimum atomic E-state index is -0.369. The highest BCUT2D eigenvalue weighted by Gasteiger charge is 2.30. The summed E-state index contributed by atoms with van der Waals surface area (Å²) in [7, 11) is 0. The van der Waals surface area contributed by atoms with Crippen LogP contribution in [0.25, 0.3) is 0 Å². The van der Waals surface area contributed by atoms with Crippen LogP contribution in [-0.4, -0.2) is 16.5 Å². The third-order valence-corrected chi connectivity index (χ3v) is 5.49. The molecule has 2 aromatic rings. The molecule has 0 aliphatic carbocycles. The van der Waals surface area contributed by atoms with Gasteiger partial charge in [0.25, 0.3) is 0 Å². The van der Waals surface area contributed by atoms with E-state index in [1.165, 1.54) is 5.56 Å². The van der Waals surface area contributed by atoms with Gasteiger partial charge in [-0.3, -0.25) is 0 Å². The van der Waals surface area contributed by atoms with Gasteiger partial charge in [0, 0.05) is 15.2 Å². The normalized spacial score (nSPS) is 14.5. The maximum absolute atomic E-state index is 10.8. The number of rotatable bonds is 6. The van der Waals surface area contributed by atoms with Crippen LogP contribution in [-0.2, 0) is 6.42 Å². The Morgan fingerprint density at radius 2 is 1.61 bits per heavy atom. The van der Waals surface area contributed by atoms with Crippen molar-refractivity contribution in [3.05, 3.63) is 65.2 Å². The first-order valence-corrected chi connectivity index (χ1v) is 9.26. The molecule has 2 atom stereocenters. The standard InChI is InChI=1S/C20H25ClOS/c1-20(2,3)19(22)18(14-9-15-7-5-4-6-8-15)23-17-12-10-16(21)11-13-17/h4-8,10-13,18-19,22H,9,14H2,1-3H3. The zero-order valence-corrected chi connectivity index (χ0v) is 15.6. The van der Waals surface area contributed by atoms with E-state index < -0.39 is 0 Å². The first-order chi connectivity index (χ1) is 10.9. The van der Waals surface area contributed by atoms with Gasteiger partial charge in [-0.05, 0) is 48.1 Å². The SMILES string of the molecule is CC(C)(C)C(O)C(CCc1ccccc1)Sc1ccc(Cl)cc1. The van der Waals surface area contributed by atoms with E-state index in [1.54, 1.807) is 11.8 Å². The zero-order chi connectivity index (χ0) is 16.9. The van der Waals surface area contributed by atoms with E-state index in [0.29, 0.717) is 0 Å². The molecule has 1 N–H and O–H groups in total. The smallest absolute Gasteiger partial charge is 0.0710 e. The summed E-state index contributed by atoms with van der Waals surface area (Å²) in [5, 5.41) is 11.7. The molecule has 0 amide bonds. The number of aliphatic hydroxyl groups is 1. The molecule has 0 aromatic heterocycles. The lowest BCUT2D eigenvalue weighted by atomic mass is 9.85. The molecule has 0 fully saturated rings. The minimum Gasteiger partial charge on any atom is -0.391 e. The van der Waals surface area contributed by atoms with E-state index in [2.05, 4.69) is 45.0 Å². The molecule has 23 heavy (non-hydrogen) atoms. The van der Waals surface area contributed by atoms with Crippen molar-refractivity contribution < 1.29 is 5.11 Å². The van der Waals surface area contributed by atoms with Crippen molar-refractivity contribution in [2.24, 2.45) is 5.41 Å². The summed E-state index contributed by atoms with van der Waals surface area (Å²) in [6.07, 6.45) is 1.54. The third-order valence-electron chi connectivity index (χ3n) is 3.90. The van der Waals surface area contributed by atoms with Crippen molar-refractivity contribution in [1.82, 2.24) is 0 Å². The van der Waals surface area contributed by atoms with Gasteiger partial charge >= 0.3 is 0 Å². The van der Waals surface area contributed by atoms with E-state index in [-0.39, 0.29) is 16.8 Å². The fourth-order valence-corrected chi connectivity index (χ4v) is 4.02. The molecular weight excluding hydrogens is 324 g/mol. The summed E-state index contributed by atoms with van der Waals surface area (Å²) >= 11 is 7.71. The minimum absolute atomic E-state index is 0.138. The van der Waals surface area contributed by atoms with Gasteiger partial charge in [0.15, 0.2) is 0 Å². The van der Waals surface area contributed by atoms with Crippen LogP contribution in [0.1, 0.15) is 32.8 Å². The van der Waals surface area contributed by atoms with E-state index >= 15 is 0 Å². The lowest BCUT2D eigenvalue weighted by molar-refractivity contribution is 0.0593. The van der Waals surface area contributed by atoms with Gasteiger partial charge < -0.3 is 5.11 Å². The fourth-order valence-electron chi connectivity index (χ4n) is 2.48. The summed E-state index contributed by atoms with van der Waals surface area (Å²) in [6, 6.07) is 18.3. The highest BCUT2D eigenvalue weighted by Crippen LogP contribution is 2.35. The zero-order valence-electron chi connectivity index (χ0n) is 14.0. The Morgan fingerprint density at radius 3 is 2.17 bits per heavy atom. The first kappa shape index (κ1) is 18.4. The third kappa shape index (κ3) is 5.87. The molecule has 0 heterocycles. The van der Waals surface area contributed by atoms with Crippen molar-refractivity contribution >= 4 is 23.4 Å². The molecule has 0 spiro atoms. The summed E-state index contributed by atoms with van der Waals surface area (Å²) in [6.45, 7) is 6.28. The van der Waals surface area contributed by atoms with Gasteiger partial charge in [-0.25, -0.2) is 0 Å². The summed E-state index contributed by atoms with van der Waals surface area (Å²) in [5.74, 6) is 0. The maximum Gasteiger partial charge on any atom is 0.0710 e. The Labute approximate surface area is 149 Å². The number of hydrogen-bond donors (Lipinski definition) is 1. The van der Waals surface area contributed by atoms with Crippen molar-refractivity contribution in [3.8, 4) is 0 Å². The largest absolute Gasteiger partial charge is 0.391 e. The van der Waals surface area contributed by atoms with Crippen LogP contribution in [0.4, 0.5) is 0 Å². The molecular formula is C20H25ClOS. The predicted molar refractivity (Wildman–Crippen MR) is 101 cm³/mol. The molecule has 0 bridgehead atoms. The van der Waals surface area contributed by atoms with E-state index in [1.807, 2.05) is 30.3 Å². The van der Waals surface area contributed by atoms with Gasteiger partial charge in [-0.15, -0.1) is 11.8 Å². The molecule has 3 heteroatoms. The van der Waals surface area contributed by atoms with Crippen molar-refractivity contribution in [1.29, 1.82) is 0 Å². The van der Waals surface area contributed by atoms with Crippen LogP contribution in [0.3, 0.4) is 0 Å². The second-order valence-electron chi connectivity index (χ2n) is 6.95. The second kappa shape index (κ2) is 8.23. The summed E-state index contributed by atoms with van der Waals surface area (Å²) < 4.78 is 0. The lowest BCUT2D eigenvalue weighted by Gasteiger charge is -2.33. The number of halogens is 1. The Kier molecular flexibility index (Phi) is 6.58. The average Bonchev–Trinajstić information content (AvgIpc) is 2.52. The van der Waals surface area contributed by atoms with Gasteiger partial charge in [-0.1, -0.05) is 62.7 Å². The predicted octanol–water partition coefficient (Wildman–Crippen LogP) is 5.84. The molecule has 0 radical (unpaired) electrons. The molecule has 2 unspecified atom stereocenters. The molecule has 2 aromatic carbocycles. The van der Waals surface area contributed by atoms with E-state index in [9.17, 15) is 5.11 Å². The van der Waals surface area contributed by atoms with Crippen LogP contribution >= 0.6 is 23.4 Å². The first-order valence-electron chi connectivity index (χ1n) is 8.00. The van der Waals surface area contributed by atoms with Crippen LogP contribution in [0.2, 0.25) is 5.02 Å². The Hall–Kier alpha value is -0.960. The van der Waals surface area contributed by atoms with E-state index in [4.69, 9.17) is 11.6 Å². The van der Waals surface area contributed by atoms with Crippen molar-refractivity contribution in [2.75, 3.05) is 0 Å². The van der Waals surface area contributed by atoms with Crippen LogP contribution in [0.5, 0.6) is 0 Å². The Balaban J connectivity index is 2.09. The molecule has 2 rings (SSSR count). The monoisotopic (exact) mass is 348 g/mol. The topological polar surface area (TPSA) is 20.2 Å². The Morgan fingerprint density at radius 1 is 1.00 bits per heavy atom. The molecule has 0 aliphatic rings. The lowest BCUT2D eigenvalue weighted by Crippen LogP contribution is -2.36. The van der Waals surface area contributed by atoms with Crippen molar-refractivity contribution in [3.63, 3.8) is 0 Å². The van der Waals surface area contributed by atoms with Gasteiger partial charge in [0.1, 0.15) is 0 Å². The number of benzene rings is 2. The molecule has 0 aliphatic heterocycles. The number of thioether (sulfide) groups is 1. The molecule has 1 nitrogen and oxygen atoms in total. The quantitative estimate of drug-likeness (QED) is 0.661. The van der Waals surface area contributed by atoms with Crippen LogP contribution in [0, 0.1) is 5.41 Å². The van der Waals surface area contributed by atoms with E-state index in [0.717, 1.165) is 22.8 Å². The van der Waals surface area contributed by atoms with Gasteiger partial charge in [-0.2, -0.15) is 0 Å². The van der Waals surface area contributed by atoms with Crippen LogP contribution < -0.4 is 0 Å².